The summed E-state index contributed by atoms with van der Waals surface area (Å²) in [5.41, 5.74) is 6.40. The van der Waals surface area contributed by atoms with Gasteiger partial charge >= 0.3 is 5.97 Å². The Hall–Kier alpha value is -1.56. The molecule has 1 aromatic heterocycles. The topological polar surface area (TPSA) is 81.4 Å². The zero-order valence-electron chi connectivity index (χ0n) is 11.7. The van der Waals surface area contributed by atoms with Crippen molar-refractivity contribution in [2.45, 2.75) is 27.2 Å². The van der Waals surface area contributed by atoms with E-state index in [0.29, 0.717) is 28.8 Å². The number of ketones is 1. The van der Waals surface area contributed by atoms with E-state index in [1.807, 2.05) is 0 Å². The lowest BCUT2D eigenvalue weighted by molar-refractivity contribution is 0.0603. The average Bonchev–Trinajstić information content (AvgIpc) is 2.71. The van der Waals surface area contributed by atoms with Gasteiger partial charge in [0.25, 0.3) is 0 Å². The summed E-state index contributed by atoms with van der Waals surface area (Å²) in [5.74, 6) is -0.167. The van der Waals surface area contributed by atoms with Crippen molar-refractivity contribution in [2.75, 3.05) is 24.7 Å². The number of hydrogen-bond donors (Lipinski definition) is 2. The van der Waals surface area contributed by atoms with E-state index in [0.717, 1.165) is 0 Å². The maximum atomic E-state index is 11.8. The predicted molar refractivity (Wildman–Crippen MR) is 78.0 cm³/mol. The first-order chi connectivity index (χ1) is 8.92. The molecule has 1 aromatic rings. The highest BCUT2D eigenvalue weighted by atomic mass is 32.1. The number of nitrogens with two attached hydrogens (primary N) is 1. The van der Waals surface area contributed by atoms with E-state index >= 15 is 0 Å². The highest BCUT2D eigenvalue weighted by Gasteiger charge is 2.25. The molecule has 0 fully saturated rings. The molecule has 0 radical (unpaired) electrons. The zero-order chi connectivity index (χ0) is 14.6. The lowest BCUT2D eigenvalue weighted by Crippen LogP contribution is -2.12. The van der Waals surface area contributed by atoms with Gasteiger partial charge in [0.15, 0.2) is 5.78 Å². The van der Waals surface area contributed by atoms with Gasteiger partial charge in [0.1, 0.15) is 10.6 Å². The summed E-state index contributed by atoms with van der Waals surface area (Å²) < 4.78 is 4.73. The predicted octanol–water partition coefficient (Wildman–Crippen LogP) is 2.78. The van der Waals surface area contributed by atoms with Crippen LogP contribution in [0.1, 0.15) is 47.2 Å². The quantitative estimate of drug-likeness (QED) is 0.620. The third-order valence-electron chi connectivity index (χ3n) is 2.58. The molecular weight excluding hydrogens is 264 g/mol. The minimum absolute atomic E-state index is 0.0646. The fourth-order valence-electron chi connectivity index (χ4n) is 1.54. The molecule has 0 atom stereocenters. The van der Waals surface area contributed by atoms with Crippen molar-refractivity contribution < 1.29 is 14.3 Å². The zero-order valence-corrected chi connectivity index (χ0v) is 12.5. The van der Waals surface area contributed by atoms with E-state index in [2.05, 4.69) is 19.2 Å². The summed E-state index contributed by atoms with van der Waals surface area (Å²) in [6.07, 6.45) is 0.356. The van der Waals surface area contributed by atoms with Crippen LogP contribution in [0.5, 0.6) is 0 Å². The molecule has 3 N–H and O–H groups in total. The fraction of sp³-hybridized carbons (Fsp3) is 0.538. The molecule has 1 rings (SSSR count). The Balaban J connectivity index is 3.19. The van der Waals surface area contributed by atoms with Crippen LogP contribution in [0.4, 0.5) is 10.7 Å². The molecule has 19 heavy (non-hydrogen) atoms. The van der Waals surface area contributed by atoms with E-state index in [4.69, 9.17) is 10.5 Å². The number of nitrogen functional groups attached to an aromatic ring is 1. The molecule has 0 saturated heterocycles. The number of thiophene rings is 1. The van der Waals surface area contributed by atoms with Crippen LogP contribution in [0.2, 0.25) is 0 Å². The van der Waals surface area contributed by atoms with Crippen molar-refractivity contribution >= 4 is 33.8 Å². The van der Waals surface area contributed by atoms with Gasteiger partial charge in [-0.25, -0.2) is 4.79 Å². The Kier molecular flexibility index (Phi) is 5.35. The molecule has 0 unspecified atom stereocenters. The monoisotopic (exact) mass is 284 g/mol. The molecule has 0 aliphatic heterocycles. The van der Waals surface area contributed by atoms with E-state index in [1.165, 1.54) is 18.4 Å². The first kappa shape index (κ1) is 15.5. The number of Topliss-reactive ketones (excluding diaryl/α,β-unsaturated/α-hetero) is 1. The van der Waals surface area contributed by atoms with Crippen molar-refractivity contribution in [3.63, 3.8) is 0 Å². The summed E-state index contributed by atoms with van der Waals surface area (Å²) >= 11 is 1.22. The number of nitrogens with one attached hydrogen (secondary N) is 1. The Bertz CT molecular complexity index is 480. The summed E-state index contributed by atoms with van der Waals surface area (Å²) in [7, 11) is 1.30. The Morgan fingerprint density at radius 3 is 2.53 bits per heavy atom. The second kappa shape index (κ2) is 6.56. The summed E-state index contributed by atoms with van der Waals surface area (Å²) in [6, 6.07) is 0. The van der Waals surface area contributed by atoms with Crippen LogP contribution in [0.25, 0.3) is 0 Å². The van der Waals surface area contributed by atoms with Crippen molar-refractivity contribution in [1.29, 1.82) is 0 Å². The SMILES string of the molecule is CCC(=O)c1sc(NCC(C)C)c(C(=O)OC)c1N. The number of carbonyl (C=O) groups is 2. The third-order valence-corrected chi connectivity index (χ3v) is 3.78. The van der Waals surface area contributed by atoms with E-state index in [-0.39, 0.29) is 17.0 Å². The van der Waals surface area contributed by atoms with Gasteiger partial charge in [-0.2, -0.15) is 0 Å². The fourth-order valence-corrected chi connectivity index (χ4v) is 2.66. The van der Waals surface area contributed by atoms with Crippen LogP contribution in [0, 0.1) is 5.92 Å². The molecule has 0 aromatic carbocycles. The normalized spacial score (nSPS) is 10.6. The molecule has 0 saturated carbocycles. The van der Waals surface area contributed by atoms with Gasteiger partial charge in [-0.15, -0.1) is 11.3 Å². The Labute approximate surface area is 117 Å². The van der Waals surface area contributed by atoms with E-state index < -0.39 is 5.97 Å². The molecule has 0 aliphatic carbocycles. The van der Waals surface area contributed by atoms with E-state index in [1.54, 1.807) is 6.92 Å². The standard InChI is InChI=1S/C13H20N2O3S/c1-5-8(16)11-10(14)9(13(17)18-4)12(19-11)15-6-7(2)3/h7,15H,5-6,14H2,1-4H3. The van der Waals surface area contributed by atoms with Gasteiger partial charge < -0.3 is 15.8 Å². The second-order valence-corrected chi connectivity index (χ2v) is 5.61. The Morgan fingerprint density at radius 1 is 1.42 bits per heavy atom. The lowest BCUT2D eigenvalue weighted by Gasteiger charge is -2.08. The second-order valence-electron chi connectivity index (χ2n) is 4.59. The number of rotatable bonds is 6. The highest BCUT2D eigenvalue weighted by Crippen LogP contribution is 2.37. The van der Waals surface area contributed by atoms with Crippen molar-refractivity contribution in [3.05, 3.63) is 10.4 Å². The van der Waals surface area contributed by atoms with Gasteiger partial charge in [-0.3, -0.25) is 4.79 Å². The summed E-state index contributed by atoms with van der Waals surface area (Å²) in [5, 5.41) is 3.76. The van der Waals surface area contributed by atoms with Crippen molar-refractivity contribution in [2.24, 2.45) is 5.92 Å². The van der Waals surface area contributed by atoms with Crippen LogP contribution in [0.3, 0.4) is 0 Å². The van der Waals surface area contributed by atoms with Gasteiger partial charge in [0, 0.05) is 13.0 Å². The summed E-state index contributed by atoms with van der Waals surface area (Å²) in [4.78, 5) is 24.0. The molecule has 5 nitrogen and oxygen atoms in total. The van der Waals surface area contributed by atoms with Crippen molar-refractivity contribution in [3.8, 4) is 0 Å². The van der Waals surface area contributed by atoms with Gasteiger partial charge in [0.2, 0.25) is 0 Å². The minimum Gasteiger partial charge on any atom is -0.465 e. The average molecular weight is 284 g/mol. The molecule has 106 valence electrons. The lowest BCUT2D eigenvalue weighted by atomic mass is 10.1. The van der Waals surface area contributed by atoms with Crippen LogP contribution < -0.4 is 11.1 Å². The Morgan fingerprint density at radius 2 is 2.05 bits per heavy atom. The maximum absolute atomic E-state index is 11.8. The molecule has 0 aliphatic rings. The number of esters is 1. The van der Waals surface area contributed by atoms with Crippen LogP contribution in [0.15, 0.2) is 0 Å². The van der Waals surface area contributed by atoms with Crippen LogP contribution in [-0.4, -0.2) is 25.4 Å². The van der Waals surface area contributed by atoms with Crippen molar-refractivity contribution in [1.82, 2.24) is 0 Å². The maximum Gasteiger partial charge on any atom is 0.343 e. The van der Waals surface area contributed by atoms with Crippen LogP contribution >= 0.6 is 11.3 Å². The summed E-state index contributed by atoms with van der Waals surface area (Å²) in [6.45, 7) is 6.57. The number of anilines is 2. The molecule has 0 bridgehead atoms. The molecule has 1 heterocycles. The van der Waals surface area contributed by atoms with Gasteiger partial charge in [-0.1, -0.05) is 20.8 Å². The molecular formula is C13H20N2O3S. The minimum atomic E-state index is -0.518. The number of carbonyl (C=O) groups excluding carboxylic acids is 2. The number of methoxy groups -OCH3 is 1. The van der Waals surface area contributed by atoms with Crippen LogP contribution in [-0.2, 0) is 4.74 Å². The molecule has 0 amide bonds. The first-order valence-electron chi connectivity index (χ1n) is 6.19. The van der Waals surface area contributed by atoms with Gasteiger partial charge in [0.05, 0.1) is 17.7 Å². The highest BCUT2D eigenvalue weighted by molar-refractivity contribution is 7.19. The number of hydrogen-bond acceptors (Lipinski definition) is 6. The molecule has 0 spiro atoms. The van der Waals surface area contributed by atoms with E-state index in [9.17, 15) is 9.59 Å². The van der Waals surface area contributed by atoms with Gasteiger partial charge in [-0.05, 0) is 5.92 Å². The third kappa shape index (κ3) is 3.47. The molecule has 6 heteroatoms. The smallest absolute Gasteiger partial charge is 0.343 e. The largest absolute Gasteiger partial charge is 0.465 e. The number of ether oxygens (including phenoxy) is 1. The first-order valence-corrected chi connectivity index (χ1v) is 7.01.